The summed E-state index contributed by atoms with van der Waals surface area (Å²) in [4.78, 5) is 0. The molecule has 107 valence electrons. The predicted octanol–water partition coefficient (Wildman–Crippen LogP) is 4.54. The van der Waals surface area contributed by atoms with E-state index in [4.69, 9.17) is 9.47 Å². The molecule has 0 amide bonds. The lowest BCUT2D eigenvalue weighted by Crippen LogP contribution is -2.16. The van der Waals surface area contributed by atoms with Crippen LogP contribution in [0.1, 0.15) is 39.2 Å². The fraction of sp³-hybridized carbons (Fsp3) is 0.500. The second-order valence-corrected chi connectivity index (χ2v) is 6.28. The summed E-state index contributed by atoms with van der Waals surface area (Å²) in [6.07, 6.45) is 6.03. The number of hydrogen-bond donors (Lipinski definition) is 0. The van der Waals surface area contributed by atoms with E-state index in [0.717, 1.165) is 29.8 Å². The minimum Gasteiger partial charge on any atom is -0.454 e. The molecule has 20 heavy (non-hydrogen) atoms. The van der Waals surface area contributed by atoms with Crippen LogP contribution in [0.4, 0.5) is 0 Å². The number of allylic oxidation sites excluding steroid dienone is 2. The molecule has 1 aromatic carbocycles. The van der Waals surface area contributed by atoms with E-state index in [9.17, 15) is 0 Å². The van der Waals surface area contributed by atoms with E-state index >= 15 is 0 Å². The van der Waals surface area contributed by atoms with Crippen LogP contribution >= 0.6 is 0 Å². The van der Waals surface area contributed by atoms with Crippen molar-refractivity contribution >= 4 is 0 Å². The zero-order valence-corrected chi connectivity index (χ0v) is 12.6. The number of fused-ring (bicyclic) bond motifs is 1. The molecule has 0 aromatic heterocycles. The first-order chi connectivity index (χ1) is 9.63. The van der Waals surface area contributed by atoms with Crippen LogP contribution in [-0.4, -0.2) is 6.79 Å². The lowest BCUT2D eigenvalue weighted by molar-refractivity contribution is 0.174. The summed E-state index contributed by atoms with van der Waals surface area (Å²) in [5, 5.41) is 0. The maximum Gasteiger partial charge on any atom is 0.231 e. The van der Waals surface area contributed by atoms with Crippen molar-refractivity contribution in [2.75, 3.05) is 6.79 Å². The van der Waals surface area contributed by atoms with E-state index in [1.54, 1.807) is 5.92 Å². The highest BCUT2D eigenvalue weighted by atomic mass is 16.7. The van der Waals surface area contributed by atoms with Crippen molar-refractivity contribution in [3.63, 3.8) is 0 Å². The van der Waals surface area contributed by atoms with Gasteiger partial charge in [0, 0.05) is 0 Å². The zero-order valence-electron chi connectivity index (χ0n) is 12.6. The van der Waals surface area contributed by atoms with Crippen LogP contribution in [0.2, 0.25) is 0 Å². The standard InChI is InChI=1S/C18H23O2/c1-12(2)15-6-4-13(3)16(10-15)8-14-5-7-17-18(9-14)20-11-19-17/h5,7,9-10,12,15H,4,6,8,11H2,1-3H3. The van der Waals surface area contributed by atoms with Gasteiger partial charge in [0.15, 0.2) is 11.5 Å². The Morgan fingerprint density at radius 1 is 1.20 bits per heavy atom. The van der Waals surface area contributed by atoms with Crippen molar-refractivity contribution in [2.24, 2.45) is 11.8 Å². The maximum absolute atomic E-state index is 5.47. The molecule has 1 aliphatic carbocycles. The SMILES string of the molecule is C[C]1CCC(C(C)C)C=C1Cc1ccc2c(c1)OCO2. The number of ether oxygens (including phenoxy) is 2. The molecular formula is C18H23O2. The molecule has 1 unspecified atom stereocenters. The van der Waals surface area contributed by atoms with Gasteiger partial charge < -0.3 is 9.47 Å². The molecule has 3 rings (SSSR count). The molecule has 1 radical (unpaired) electrons. The molecule has 1 aliphatic heterocycles. The first-order valence-electron chi connectivity index (χ1n) is 7.55. The van der Waals surface area contributed by atoms with Gasteiger partial charge in [-0.3, -0.25) is 0 Å². The molecule has 1 aromatic rings. The molecule has 2 aliphatic rings. The number of benzene rings is 1. The van der Waals surface area contributed by atoms with E-state index in [0.29, 0.717) is 6.79 Å². The van der Waals surface area contributed by atoms with Crippen molar-refractivity contribution in [1.82, 2.24) is 0 Å². The smallest absolute Gasteiger partial charge is 0.231 e. The molecule has 0 bridgehead atoms. The van der Waals surface area contributed by atoms with Crippen LogP contribution in [0.15, 0.2) is 29.8 Å². The largest absolute Gasteiger partial charge is 0.454 e. The summed E-state index contributed by atoms with van der Waals surface area (Å²) in [5.74, 6) is 4.75. The van der Waals surface area contributed by atoms with E-state index in [1.165, 1.54) is 24.0 Å². The fourth-order valence-electron chi connectivity index (χ4n) is 3.03. The normalized spacial score (nSPS) is 22.2. The molecular weight excluding hydrogens is 248 g/mol. The maximum atomic E-state index is 5.47. The highest BCUT2D eigenvalue weighted by molar-refractivity contribution is 5.46. The lowest BCUT2D eigenvalue weighted by Gasteiger charge is -2.28. The highest BCUT2D eigenvalue weighted by Crippen LogP contribution is 2.37. The van der Waals surface area contributed by atoms with Crippen LogP contribution < -0.4 is 9.47 Å². The summed E-state index contributed by atoms with van der Waals surface area (Å²) < 4.78 is 10.8. The Balaban J connectivity index is 1.79. The fourth-order valence-corrected chi connectivity index (χ4v) is 3.03. The summed E-state index contributed by atoms with van der Waals surface area (Å²) >= 11 is 0. The summed E-state index contributed by atoms with van der Waals surface area (Å²) in [7, 11) is 0. The Kier molecular flexibility index (Phi) is 3.73. The lowest BCUT2D eigenvalue weighted by atomic mass is 9.77. The zero-order chi connectivity index (χ0) is 14.1. The third-order valence-corrected chi connectivity index (χ3v) is 4.50. The molecule has 0 spiro atoms. The Bertz CT molecular complexity index is 516. The van der Waals surface area contributed by atoms with E-state index in [2.05, 4.69) is 39.0 Å². The molecule has 0 saturated heterocycles. The second kappa shape index (κ2) is 5.51. The van der Waals surface area contributed by atoms with Gasteiger partial charge in [-0.15, -0.1) is 0 Å². The van der Waals surface area contributed by atoms with Crippen molar-refractivity contribution in [3.8, 4) is 11.5 Å². The minimum atomic E-state index is 0.349. The Labute approximate surface area is 121 Å². The van der Waals surface area contributed by atoms with Gasteiger partial charge in [-0.2, -0.15) is 0 Å². The molecule has 1 atom stereocenters. The molecule has 2 nitrogen and oxygen atoms in total. The molecule has 1 heterocycles. The van der Waals surface area contributed by atoms with Crippen molar-refractivity contribution in [3.05, 3.63) is 41.3 Å². The van der Waals surface area contributed by atoms with Crippen LogP contribution in [0, 0.1) is 17.8 Å². The van der Waals surface area contributed by atoms with Gasteiger partial charge in [0.05, 0.1) is 0 Å². The van der Waals surface area contributed by atoms with Crippen molar-refractivity contribution in [2.45, 2.75) is 40.0 Å². The Hall–Kier alpha value is -1.44. The van der Waals surface area contributed by atoms with Gasteiger partial charge in [-0.1, -0.05) is 38.5 Å². The van der Waals surface area contributed by atoms with E-state index < -0.39 is 0 Å². The van der Waals surface area contributed by atoms with E-state index in [1.807, 2.05) is 6.07 Å². The Morgan fingerprint density at radius 2 is 2.00 bits per heavy atom. The number of rotatable bonds is 3. The quantitative estimate of drug-likeness (QED) is 0.803. The van der Waals surface area contributed by atoms with E-state index in [-0.39, 0.29) is 0 Å². The summed E-state index contributed by atoms with van der Waals surface area (Å²) in [6.45, 7) is 7.26. The third kappa shape index (κ3) is 2.70. The average molecular weight is 271 g/mol. The topological polar surface area (TPSA) is 18.5 Å². The Morgan fingerprint density at radius 3 is 2.80 bits per heavy atom. The van der Waals surface area contributed by atoms with Gasteiger partial charge in [0.25, 0.3) is 0 Å². The molecule has 2 heteroatoms. The first-order valence-corrected chi connectivity index (χ1v) is 7.55. The van der Waals surface area contributed by atoms with Gasteiger partial charge in [0.1, 0.15) is 0 Å². The monoisotopic (exact) mass is 271 g/mol. The molecule has 0 saturated carbocycles. The van der Waals surface area contributed by atoms with Gasteiger partial charge in [0.2, 0.25) is 6.79 Å². The molecule has 0 fully saturated rings. The van der Waals surface area contributed by atoms with Crippen LogP contribution in [0.25, 0.3) is 0 Å². The summed E-state index contributed by atoms with van der Waals surface area (Å²) in [5.41, 5.74) is 2.82. The molecule has 0 N–H and O–H groups in total. The number of hydrogen-bond acceptors (Lipinski definition) is 2. The van der Waals surface area contributed by atoms with Gasteiger partial charge in [-0.05, 0) is 54.7 Å². The average Bonchev–Trinajstić information content (AvgIpc) is 2.88. The van der Waals surface area contributed by atoms with Crippen LogP contribution in [-0.2, 0) is 6.42 Å². The minimum absolute atomic E-state index is 0.349. The first kappa shape index (κ1) is 13.5. The van der Waals surface area contributed by atoms with Gasteiger partial charge >= 0.3 is 0 Å². The van der Waals surface area contributed by atoms with Crippen LogP contribution in [0.5, 0.6) is 11.5 Å². The highest BCUT2D eigenvalue weighted by Gasteiger charge is 2.22. The van der Waals surface area contributed by atoms with Crippen molar-refractivity contribution in [1.29, 1.82) is 0 Å². The predicted molar refractivity (Wildman–Crippen MR) is 80.8 cm³/mol. The van der Waals surface area contributed by atoms with Crippen LogP contribution in [0.3, 0.4) is 0 Å². The summed E-state index contributed by atoms with van der Waals surface area (Å²) in [6, 6.07) is 6.30. The van der Waals surface area contributed by atoms with Gasteiger partial charge in [-0.25, -0.2) is 0 Å². The second-order valence-electron chi connectivity index (χ2n) is 6.28. The third-order valence-electron chi connectivity index (χ3n) is 4.50. The van der Waals surface area contributed by atoms with Crippen molar-refractivity contribution < 1.29 is 9.47 Å².